The summed E-state index contributed by atoms with van der Waals surface area (Å²) in [5.41, 5.74) is 1.48. The Bertz CT molecular complexity index is 902. The van der Waals surface area contributed by atoms with Crippen LogP contribution in [0.4, 0.5) is 9.39 Å². The molecule has 0 atom stereocenters. The minimum absolute atomic E-state index is 0.0254. The third-order valence-electron chi connectivity index (χ3n) is 5.23. The predicted molar refractivity (Wildman–Crippen MR) is 119 cm³/mol. The van der Waals surface area contributed by atoms with E-state index in [-0.39, 0.29) is 17.6 Å². The first-order valence-electron chi connectivity index (χ1n) is 10.3. The standard InChI is InChI=1S/C23H30FN3O2S/c1-16-14-19(25-22(29)23(2,3)4)30-20(16)21(28)27-11-5-10-26(12-13-27)15-17-6-8-18(24)9-7-17/h6-9,14H,5,10-13,15H2,1-4H3,(H,25,29). The molecule has 7 heteroatoms. The largest absolute Gasteiger partial charge is 0.337 e. The summed E-state index contributed by atoms with van der Waals surface area (Å²) < 4.78 is 13.1. The highest BCUT2D eigenvalue weighted by Crippen LogP contribution is 2.29. The van der Waals surface area contributed by atoms with Gasteiger partial charge in [0.1, 0.15) is 5.82 Å². The zero-order valence-electron chi connectivity index (χ0n) is 18.1. The Balaban J connectivity index is 1.62. The van der Waals surface area contributed by atoms with E-state index in [1.807, 2.05) is 50.8 Å². The second kappa shape index (κ2) is 9.27. The van der Waals surface area contributed by atoms with Crippen molar-refractivity contribution in [1.29, 1.82) is 0 Å². The lowest BCUT2D eigenvalue weighted by atomic mass is 9.96. The Kier molecular flexibility index (Phi) is 6.93. The molecule has 1 aromatic heterocycles. The first-order valence-corrected chi connectivity index (χ1v) is 11.1. The third kappa shape index (κ3) is 5.67. The van der Waals surface area contributed by atoms with E-state index >= 15 is 0 Å². The van der Waals surface area contributed by atoms with Crippen LogP contribution in [0.15, 0.2) is 30.3 Å². The predicted octanol–water partition coefficient (Wildman–Crippen LogP) is 4.53. The number of halogens is 1. The summed E-state index contributed by atoms with van der Waals surface area (Å²) in [5, 5.41) is 3.64. The molecular formula is C23H30FN3O2S. The van der Waals surface area contributed by atoms with Crippen molar-refractivity contribution in [2.45, 2.75) is 40.7 Å². The van der Waals surface area contributed by atoms with Crippen LogP contribution < -0.4 is 5.32 Å². The highest BCUT2D eigenvalue weighted by Gasteiger charge is 2.26. The molecule has 1 N–H and O–H groups in total. The molecule has 0 aliphatic carbocycles. The zero-order valence-corrected chi connectivity index (χ0v) is 18.9. The van der Waals surface area contributed by atoms with Gasteiger partial charge in [-0.2, -0.15) is 0 Å². The molecule has 0 radical (unpaired) electrons. The zero-order chi connectivity index (χ0) is 21.9. The average Bonchev–Trinajstić information content (AvgIpc) is 2.89. The molecule has 3 rings (SSSR count). The van der Waals surface area contributed by atoms with Gasteiger partial charge in [-0.15, -0.1) is 11.3 Å². The molecule has 1 aliphatic heterocycles. The van der Waals surface area contributed by atoms with Crippen LogP contribution in [-0.2, 0) is 11.3 Å². The number of hydrogen-bond donors (Lipinski definition) is 1. The lowest BCUT2D eigenvalue weighted by molar-refractivity contribution is -0.123. The van der Waals surface area contributed by atoms with Gasteiger partial charge in [-0.25, -0.2) is 4.39 Å². The second-order valence-corrected chi connectivity index (χ2v) is 9.93. The SMILES string of the molecule is Cc1cc(NC(=O)C(C)(C)C)sc1C(=O)N1CCCN(Cc2ccc(F)cc2)CC1. The van der Waals surface area contributed by atoms with Crippen molar-refractivity contribution in [3.63, 3.8) is 0 Å². The number of thiophene rings is 1. The van der Waals surface area contributed by atoms with Crippen LogP contribution in [0, 0.1) is 18.2 Å². The summed E-state index contributed by atoms with van der Waals surface area (Å²) in [7, 11) is 0. The van der Waals surface area contributed by atoms with E-state index in [0.29, 0.717) is 23.0 Å². The van der Waals surface area contributed by atoms with Crippen molar-refractivity contribution in [3.05, 3.63) is 52.2 Å². The lowest BCUT2D eigenvalue weighted by Gasteiger charge is -2.22. The number of anilines is 1. The molecule has 1 fully saturated rings. The Hall–Kier alpha value is -2.25. The van der Waals surface area contributed by atoms with Gasteiger partial charge in [0.25, 0.3) is 5.91 Å². The average molecular weight is 432 g/mol. The van der Waals surface area contributed by atoms with Crippen molar-refractivity contribution >= 4 is 28.2 Å². The van der Waals surface area contributed by atoms with Crippen LogP contribution in [0.1, 0.15) is 48.0 Å². The molecule has 162 valence electrons. The molecule has 5 nitrogen and oxygen atoms in total. The molecule has 1 aliphatic rings. The monoisotopic (exact) mass is 431 g/mol. The summed E-state index contributed by atoms with van der Waals surface area (Å²) in [6.07, 6.45) is 0.894. The summed E-state index contributed by atoms with van der Waals surface area (Å²) >= 11 is 1.34. The number of aryl methyl sites for hydroxylation is 1. The molecule has 2 heterocycles. The molecule has 2 aromatic rings. The van der Waals surface area contributed by atoms with E-state index in [4.69, 9.17) is 0 Å². The number of rotatable bonds is 4. The second-order valence-electron chi connectivity index (χ2n) is 8.88. The number of nitrogens with zero attached hydrogens (tertiary/aromatic N) is 2. The fraction of sp³-hybridized carbons (Fsp3) is 0.478. The van der Waals surface area contributed by atoms with E-state index < -0.39 is 5.41 Å². The molecule has 1 saturated heterocycles. The number of amides is 2. The van der Waals surface area contributed by atoms with Gasteiger partial charge in [0.2, 0.25) is 5.91 Å². The first-order chi connectivity index (χ1) is 14.1. The third-order valence-corrected chi connectivity index (χ3v) is 6.37. The topological polar surface area (TPSA) is 52.7 Å². The van der Waals surface area contributed by atoms with Crippen molar-refractivity contribution in [2.75, 3.05) is 31.5 Å². The first kappa shape index (κ1) is 22.4. The molecule has 2 amide bonds. The minimum Gasteiger partial charge on any atom is -0.337 e. The Morgan fingerprint density at radius 3 is 2.47 bits per heavy atom. The molecule has 0 unspecified atom stereocenters. The van der Waals surface area contributed by atoms with E-state index in [0.717, 1.165) is 37.2 Å². The molecular weight excluding hydrogens is 401 g/mol. The van der Waals surface area contributed by atoms with Crippen LogP contribution in [0.2, 0.25) is 0 Å². The lowest BCUT2D eigenvalue weighted by Crippen LogP contribution is -2.35. The van der Waals surface area contributed by atoms with Crippen molar-refractivity contribution in [3.8, 4) is 0 Å². The van der Waals surface area contributed by atoms with Gasteiger partial charge in [-0.3, -0.25) is 14.5 Å². The van der Waals surface area contributed by atoms with Crippen LogP contribution in [0.25, 0.3) is 0 Å². The minimum atomic E-state index is -0.485. The highest BCUT2D eigenvalue weighted by atomic mass is 32.1. The normalized spacial score (nSPS) is 15.7. The maximum absolute atomic E-state index is 13.1. The van der Waals surface area contributed by atoms with E-state index in [9.17, 15) is 14.0 Å². The van der Waals surface area contributed by atoms with E-state index in [2.05, 4.69) is 10.2 Å². The maximum Gasteiger partial charge on any atom is 0.264 e. The van der Waals surface area contributed by atoms with Gasteiger partial charge in [0.15, 0.2) is 0 Å². The van der Waals surface area contributed by atoms with Gasteiger partial charge >= 0.3 is 0 Å². The van der Waals surface area contributed by atoms with Gasteiger partial charge < -0.3 is 10.2 Å². The molecule has 0 spiro atoms. The fourth-order valence-electron chi connectivity index (χ4n) is 3.38. The summed E-state index contributed by atoms with van der Waals surface area (Å²) in [4.78, 5) is 30.3. The van der Waals surface area contributed by atoms with E-state index in [1.165, 1.54) is 23.5 Å². The number of benzene rings is 1. The Morgan fingerprint density at radius 2 is 1.80 bits per heavy atom. The Morgan fingerprint density at radius 1 is 1.10 bits per heavy atom. The van der Waals surface area contributed by atoms with E-state index in [1.54, 1.807) is 0 Å². The number of carbonyl (C=O) groups excluding carboxylic acids is 2. The summed E-state index contributed by atoms with van der Waals surface area (Å²) in [6.45, 7) is 11.3. The quantitative estimate of drug-likeness (QED) is 0.774. The van der Waals surface area contributed by atoms with Crippen LogP contribution in [0.3, 0.4) is 0 Å². The number of hydrogen-bond acceptors (Lipinski definition) is 4. The van der Waals surface area contributed by atoms with Gasteiger partial charge in [0.05, 0.1) is 9.88 Å². The molecule has 0 bridgehead atoms. The molecule has 1 aromatic carbocycles. The van der Waals surface area contributed by atoms with Crippen molar-refractivity contribution < 1.29 is 14.0 Å². The van der Waals surface area contributed by atoms with Crippen LogP contribution in [0.5, 0.6) is 0 Å². The molecule has 0 saturated carbocycles. The Labute approximate surface area is 181 Å². The smallest absolute Gasteiger partial charge is 0.264 e. The van der Waals surface area contributed by atoms with Crippen LogP contribution in [-0.4, -0.2) is 47.8 Å². The van der Waals surface area contributed by atoms with Crippen LogP contribution >= 0.6 is 11.3 Å². The van der Waals surface area contributed by atoms with Crippen molar-refractivity contribution in [2.24, 2.45) is 5.41 Å². The maximum atomic E-state index is 13.1. The summed E-state index contributed by atoms with van der Waals surface area (Å²) in [6, 6.07) is 8.47. The van der Waals surface area contributed by atoms with Gasteiger partial charge in [0, 0.05) is 38.1 Å². The summed E-state index contributed by atoms with van der Waals surface area (Å²) in [5.74, 6) is -0.262. The van der Waals surface area contributed by atoms with Gasteiger partial charge in [-0.1, -0.05) is 32.9 Å². The number of nitrogens with one attached hydrogen (secondary N) is 1. The van der Waals surface area contributed by atoms with Crippen molar-refractivity contribution in [1.82, 2.24) is 9.80 Å². The fourth-order valence-corrected chi connectivity index (χ4v) is 4.41. The number of carbonyl (C=O) groups is 2. The highest BCUT2D eigenvalue weighted by molar-refractivity contribution is 7.18. The van der Waals surface area contributed by atoms with Gasteiger partial charge in [-0.05, 0) is 42.7 Å². The molecule has 30 heavy (non-hydrogen) atoms.